The predicted octanol–water partition coefficient (Wildman–Crippen LogP) is 1.66. The quantitative estimate of drug-likeness (QED) is 0.548. The van der Waals surface area contributed by atoms with Gasteiger partial charge in [-0.15, -0.1) is 0 Å². The molecule has 1 N–H and O–H groups in total. The third-order valence-electron chi connectivity index (χ3n) is 2.37. The average molecular weight is 222 g/mol. The van der Waals surface area contributed by atoms with E-state index in [-0.39, 0.29) is 18.0 Å². The number of hydrogen-bond donors (Lipinski definition) is 1. The molecule has 0 spiro atoms. The Labute approximate surface area is 93.6 Å². The summed E-state index contributed by atoms with van der Waals surface area (Å²) in [5.41, 5.74) is 0.530. The van der Waals surface area contributed by atoms with Crippen LogP contribution in [0.4, 0.5) is 0 Å². The van der Waals surface area contributed by atoms with Gasteiger partial charge in [0, 0.05) is 12.0 Å². The lowest BCUT2D eigenvalue weighted by Crippen LogP contribution is -2.07. The lowest BCUT2D eigenvalue weighted by Gasteiger charge is -2.05. The summed E-state index contributed by atoms with van der Waals surface area (Å²) < 4.78 is 0. The van der Waals surface area contributed by atoms with Crippen molar-refractivity contribution in [2.24, 2.45) is 0 Å². The van der Waals surface area contributed by atoms with Gasteiger partial charge < -0.3 is 5.11 Å². The molecule has 0 atom stereocenters. The van der Waals surface area contributed by atoms with Crippen LogP contribution in [0.2, 0.25) is 0 Å². The summed E-state index contributed by atoms with van der Waals surface area (Å²) in [5.74, 6) is -1.07. The second kappa shape index (κ2) is 6.00. The van der Waals surface area contributed by atoms with Gasteiger partial charge in [0.2, 0.25) is 0 Å². The molecule has 16 heavy (non-hydrogen) atoms. The molecule has 1 aliphatic carbocycles. The van der Waals surface area contributed by atoms with Crippen molar-refractivity contribution in [3.8, 4) is 0 Å². The zero-order valence-corrected chi connectivity index (χ0v) is 8.94. The molecule has 0 bridgehead atoms. The second-order valence-corrected chi connectivity index (χ2v) is 3.72. The van der Waals surface area contributed by atoms with Gasteiger partial charge in [-0.3, -0.25) is 14.4 Å². The second-order valence-electron chi connectivity index (χ2n) is 3.72. The van der Waals surface area contributed by atoms with Crippen LogP contribution in [0.3, 0.4) is 0 Å². The molecule has 0 aliphatic heterocycles. The summed E-state index contributed by atoms with van der Waals surface area (Å²) in [7, 11) is 0. The number of unbranched alkanes of at least 4 members (excludes halogenated alkanes) is 2. The Hall–Kier alpha value is -1.71. The fourth-order valence-corrected chi connectivity index (χ4v) is 1.52. The maximum absolute atomic E-state index is 11.3. The fourth-order valence-electron chi connectivity index (χ4n) is 1.52. The number of allylic oxidation sites excluding steroid dienone is 4. The molecule has 0 aromatic heterocycles. The first-order valence-electron chi connectivity index (χ1n) is 5.28. The van der Waals surface area contributed by atoms with E-state index < -0.39 is 5.97 Å². The minimum atomic E-state index is -0.800. The van der Waals surface area contributed by atoms with E-state index in [2.05, 4.69) is 0 Å². The summed E-state index contributed by atoms with van der Waals surface area (Å²) in [4.78, 5) is 32.6. The normalized spacial score (nSPS) is 15.1. The molecular formula is C12H14O4. The lowest BCUT2D eigenvalue weighted by molar-refractivity contribution is -0.137. The summed E-state index contributed by atoms with van der Waals surface area (Å²) >= 11 is 0. The van der Waals surface area contributed by atoms with Gasteiger partial charge in [-0.2, -0.15) is 0 Å². The smallest absolute Gasteiger partial charge is 0.303 e. The average Bonchev–Trinajstić information content (AvgIpc) is 2.22. The first kappa shape index (κ1) is 12.4. The predicted molar refractivity (Wildman–Crippen MR) is 58.0 cm³/mol. The van der Waals surface area contributed by atoms with Crippen LogP contribution < -0.4 is 0 Å². The maximum Gasteiger partial charge on any atom is 0.303 e. The van der Waals surface area contributed by atoms with Crippen LogP contribution in [-0.2, 0) is 14.4 Å². The molecule has 0 saturated carbocycles. The highest BCUT2D eigenvalue weighted by molar-refractivity contribution is 6.17. The number of carbonyl (C=O) groups is 3. The van der Waals surface area contributed by atoms with Crippen LogP contribution >= 0.6 is 0 Å². The van der Waals surface area contributed by atoms with Gasteiger partial charge in [-0.05, 0) is 37.5 Å². The molecule has 86 valence electrons. The maximum atomic E-state index is 11.3. The van der Waals surface area contributed by atoms with Crippen molar-refractivity contribution >= 4 is 17.5 Å². The summed E-state index contributed by atoms with van der Waals surface area (Å²) in [6.07, 6.45) is 6.73. The van der Waals surface area contributed by atoms with E-state index >= 15 is 0 Å². The highest BCUT2D eigenvalue weighted by Gasteiger charge is 2.12. The van der Waals surface area contributed by atoms with E-state index in [0.717, 1.165) is 12.8 Å². The van der Waals surface area contributed by atoms with Gasteiger partial charge in [-0.1, -0.05) is 6.42 Å². The van der Waals surface area contributed by atoms with E-state index in [1.807, 2.05) is 0 Å². The number of carboxylic acids is 1. The number of hydrogen-bond acceptors (Lipinski definition) is 3. The van der Waals surface area contributed by atoms with Gasteiger partial charge in [0.25, 0.3) is 0 Å². The highest BCUT2D eigenvalue weighted by Crippen LogP contribution is 2.14. The van der Waals surface area contributed by atoms with Crippen LogP contribution in [0.15, 0.2) is 23.8 Å². The van der Waals surface area contributed by atoms with Crippen molar-refractivity contribution in [2.75, 3.05) is 0 Å². The van der Waals surface area contributed by atoms with Crippen molar-refractivity contribution in [3.63, 3.8) is 0 Å². The molecule has 0 fully saturated rings. The van der Waals surface area contributed by atoms with Crippen LogP contribution in [0, 0.1) is 0 Å². The molecule has 0 aromatic carbocycles. The summed E-state index contributed by atoms with van der Waals surface area (Å²) in [6.45, 7) is 0. The van der Waals surface area contributed by atoms with Gasteiger partial charge in [0.15, 0.2) is 11.6 Å². The highest BCUT2D eigenvalue weighted by atomic mass is 16.4. The summed E-state index contributed by atoms with van der Waals surface area (Å²) in [6, 6.07) is 0. The third kappa shape index (κ3) is 4.21. The monoisotopic (exact) mass is 222 g/mol. The van der Waals surface area contributed by atoms with E-state index in [1.54, 1.807) is 0 Å². The van der Waals surface area contributed by atoms with Gasteiger partial charge in [-0.25, -0.2) is 0 Å². The zero-order valence-electron chi connectivity index (χ0n) is 8.94. The number of aliphatic carboxylic acids is 1. The lowest BCUT2D eigenvalue weighted by atomic mass is 9.98. The topological polar surface area (TPSA) is 71.4 Å². The minimum Gasteiger partial charge on any atom is -0.481 e. The van der Waals surface area contributed by atoms with Gasteiger partial charge >= 0.3 is 5.97 Å². The van der Waals surface area contributed by atoms with Crippen molar-refractivity contribution in [2.45, 2.75) is 32.1 Å². The molecule has 0 radical (unpaired) electrons. The summed E-state index contributed by atoms with van der Waals surface area (Å²) in [5, 5.41) is 8.42. The largest absolute Gasteiger partial charge is 0.481 e. The molecule has 0 unspecified atom stereocenters. The van der Waals surface area contributed by atoms with E-state index in [1.165, 1.54) is 18.2 Å². The number of ketones is 2. The minimum absolute atomic E-state index is 0.113. The first-order valence-corrected chi connectivity index (χ1v) is 5.28. The Morgan fingerprint density at radius 2 is 1.88 bits per heavy atom. The van der Waals surface area contributed by atoms with Crippen LogP contribution in [0.25, 0.3) is 0 Å². The van der Waals surface area contributed by atoms with Crippen LogP contribution in [-0.4, -0.2) is 22.6 Å². The molecule has 1 aliphatic rings. The number of carboxylic acid groups (broad SMARTS) is 1. The van der Waals surface area contributed by atoms with Gasteiger partial charge in [0.05, 0.1) is 0 Å². The molecule has 4 heteroatoms. The van der Waals surface area contributed by atoms with E-state index in [4.69, 9.17) is 5.11 Å². The Morgan fingerprint density at radius 3 is 2.56 bits per heavy atom. The third-order valence-corrected chi connectivity index (χ3v) is 2.37. The Morgan fingerprint density at radius 1 is 1.12 bits per heavy atom. The standard InChI is InChI=1S/C12H14O4/c13-10-6-7-11(14)9(8-10)4-2-1-3-5-12(15)16/h6-8H,1-5H2,(H,15,16). The van der Waals surface area contributed by atoms with Crippen molar-refractivity contribution < 1.29 is 19.5 Å². The van der Waals surface area contributed by atoms with E-state index in [0.29, 0.717) is 18.4 Å². The van der Waals surface area contributed by atoms with Crippen molar-refractivity contribution in [3.05, 3.63) is 23.8 Å². The Kier molecular flexibility index (Phi) is 4.64. The molecule has 4 nitrogen and oxygen atoms in total. The van der Waals surface area contributed by atoms with Crippen molar-refractivity contribution in [1.82, 2.24) is 0 Å². The molecular weight excluding hydrogens is 208 g/mol. The Bertz CT molecular complexity index is 363. The number of carbonyl (C=O) groups excluding carboxylic acids is 2. The zero-order chi connectivity index (χ0) is 12.0. The molecule has 0 saturated heterocycles. The molecule has 0 heterocycles. The first-order chi connectivity index (χ1) is 7.59. The van der Waals surface area contributed by atoms with Gasteiger partial charge in [0.1, 0.15) is 0 Å². The van der Waals surface area contributed by atoms with Crippen LogP contribution in [0.1, 0.15) is 32.1 Å². The van der Waals surface area contributed by atoms with E-state index in [9.17, 15) is 14.4 Å². The molecule has 0 aromatic rings. The fraction of sp³-hybridized carbons (Fsp3) is 0.417. The van der Waals surface area contributed by atoms with Crippen LogP contribution in [0.5, 0.6) is 0 Å². The SMILES string of the molecule is O=C1C=CC(=O)C(CCCCCC(=O)O)=C1. The molecule has 0 amide bonds. The van der Waals surface area contributed by atoms with Crippen molar-refractivity contribution in [1.29, 1.82) is 0 Å². The Balaban J connectivity index is 2.25. The molecule has 1 rings (SSSR count). The number of rotatable bonds is 6.